The number of allylic oxidation sites excluding steroid dienone is 1. The van der Waals surface area contributed by atoms with Crippen LogP contribution in [0, 0.1) is 17.6 Å². The molecule has 0 unspecified atom stereocenters. The van der Waals surface area contributed by atoms with Crippen LogP contribution in [0.15, 0.2) is 66.7 Å². The van der Waals surface area contributed by atoms with Crippen molar-refractivity contribution in [1.29, 1.82) is 0 Å². The maximum atomic E-state index is 14.0. The van der Waals surface area contributed by atoms with Gasteiger partial charge in [0.05, 0.1) is 33.9 Å². The Bertz CT molecular complexity index is 1350. The SMILES string of the molecule is CCOC(=O)[C@H]1N[C@@H](c2cc(OC)c(OC)c(OC)c2)[C@@H](C(=O)/C=C/c2ccc(F)cc2)[C@@H]1c1ccc(F)cc1. The summed E-state index contributed by atoms with van der Waals surface area (Å²) in [5, 5.41) is 3.31. The molecule has 7 nitrogen and oxygen atoms in total. The summed E-state index contributed by atoms with van der Waals surface area (Å²) in [5.41, 5.74) is 1.84. The Morgan fingerprint density at radius 1 is 0.850 bits per heavy atom. The molecule has 0 saturated carbocycles. The van der Waals surface area contributed by atoms with E-state index in [0.717, 1.165) is 0 Å². The van der Waals surface area contributed by atoms with Crippen molar-refractivity contribution in [3.05, 3.63) is 95.1 Å². The maximum absolute atomic E-state index is 14.0. The van der Waals surface area contributed by atoms with Gasteiger partial charge in [-0.25, -0.2) is 8.78 Å². The number of methoxy groups -OCH3 is 3. The Labute approximate surface area is 231 Å². The normalized spacial score (nSPS) is 20.4. The van der Waals surface area contributed by atoms with E-state index in [0.29, 0.717) is 33.9 Å². The molecule has 0 radical (unpaired) electrons. The molecule has 1 aliphatic heterocycles. The third-order valence-corrected chi connectivity index (χ3v) is 6.94. The fourth-order valence-electron chi connectivity index (χ4n) is 5.14. The van der Waals surface area contributed by atoms with Gasteiger partial charge in [-0.2, -0.15) is 0 Å². The molecule has 1 N–H and O–H groups in total. The van der Waals surface area contributed by atoms with E-state index in [2.05, 4.69) is 5.32 Å². The number of esters is 1. The minimum atomic E-state index is -0.914. The van der Waals surface area contributed by atoms with E-state index in [1.165, 1.54) is 51.7 Å². The molecular weight excluding hydrogens is 520 g/mol. The molecule has 1 fully saturated rings. The lowest BCUT2D eigenvalue weighted by Crippen LogP contribution is -2.37. The highest BCUT2D eigenvalue weighted by Crippen LogP contribution is 2.48. The lowest BCUT2D eigenvalue weighted by atomic mass is 9.77. The molecule has 4 atom stereocenters. The van der Waals surface area contributed by atoms with Crippen LogP contribution in [0.2, 0.25) is 0 Å². The number of halogens is 2. The minimum absolute atomic E-state index is 0.144. The first-order valence-electron chi connectivity index (χ1n) is 12.8. The zero-order chi connectivity index (χ0) is 28.8. The predicted molar refractivity (Wildman–Crippen MR) is 145 cm³/mol. The Kier molecular flexibility index (Phi) is 9.16. The molecule has 0 spiro atoms. The average Bonchev–Trinajstić information content (AvgIpc) is 3.37. The zero-order valence-corrected chi connectivity index (χ0v) is 22.7. The number of benzene rings is 3. The van der Waals surface area contributed by atoms with Crippen molar-refractivity contribution in [3.63, 3.8) is 0 Å². The lowest BCUT2D eigenvalue weighted by Gasteiger charge is -2.24. The number of carbonyl (C=O) groups is 2. The van der Waals surface area contributed by atoms with Crippen LogP contribution >= 0.6 is 0 Å². The van der Waals surface area contributed by atoms with Crippen molar-refractivity contribution >= 4 is 17.8 Å². The number of carbonyl (C=O) groups excluding carboxylic acids is 2. The Morgan fingerprint density at radius 3 is 1.95 bits per heavy atom. The fraction of sp³-hybridized carbons (Fsp3) is 0.290. The summed E-state index contributed by atoms with van der Waals surface area (Å²) in [6, 6.07) is 13.3. The summed E-state index contributed by atoms with van der Waals surface area (Å²) in [6.07, 6.45) is 3.00. The highest BCUT2D eigenvalue weighted by molar-refractivity contribution is 5.98. The smallest absolute Gasteiger partial charge is 0.323 e. The summed E-state index contributed by atoms with van der Waals surface area (Å²) >= 11 is 0. The van der Waals surface area contributed by atoms with Crippen molar-refractivity contribution in [2.24, 2.45) is 5.92 Å². The number of nitrogens with one attached hydrogen (secondary N) is 1. The van der Waals surface area contributed by atoms with Crippen molar-refractivity contribution in [2.45, 2.75) is 24.9 Å². The Hall–Kier alpha value is -4.24. The summed E-state index contributed by atoms with van der Waals surface area (Å²) in [5.74, 6) is -2.04. The first-order chi connectivity index (χ1) is 19.3. The molecule has 9 heteroatoms. The van der Waals surface area contributed by atoms with Gasteiger partial charge in [0.25, 0.3) is 0 Å². The van der Waals surface area contributed by atoms with Gasteiger partial charge >= 0.3 is 5.97 Å². The highest BCUT2D eigenvalue weighted by Gasteiger charge is 2.51. The van der Waals surface area contributed by atoms with Crippen LogP contribution in [0.3, 0.4) is 0 Å². The van der Waals surface area contributed by atoms with Gasteiger partial charge in [-0.3, -0.25) is 14.9 Å². The van der Waals surface area contributed by atoms with Gasteiger partial charge in [0, 0.05) is 12.0 Å². The van der Waals surface area contributed by atoms with E-state index in [1.807, 2.05) is 0 Å². The van der Waals surface area contributed by atoms with Crippen molar-refractivity contribution in [3.8, 4) is 17.2 Å². The van der Waals surface area contributed by atoms with Crippen LogP contribution < -0.4 is 19.5 Å². The number of ether oxygens (including phenoxy) is 4. The second-order valence-electron chi connectivity index (χ2n) is 9.22. The van der Waals surface area contributed by atoms with Crippen LogP contribution in [-0.4, -0.2) is 45.7 Å². The third kappa shape index (κ3) is 5.99. The number of hydrogen-bond donors (Lipinski definition) is 1. The highest BCUT2D eigenvalue weighted by atomic mass is 19.1. The van der Waals surface area contributed by atoms with Gasteiger partial charge in [-0.05, 0) is 66.1 Å². The van der Waals surface area contributed by atoms with Crippen molar-refractivity contribution < 1.29 is 37.3 Å². The molecule has 1 heterocycles. The quantitative estimate of drug-likeness (QED) is 0.272. The van der Waals surface area contributed by atoms with Crippen molar-refractivity contribution in [2.75, 3.05) is 27.9 Å². The molecule has 40 heavy (non-hydrogen) atoms. The fourth-order valence-corrected chi connectivity index (χ4v) is 5.14. The average molecular weight is 552 g/mol. The molecule has 1 saturated heterocycles. The monoisotopic (exact) mass is 551 g/mol. The molecule has 4 rings (SSSR count). The lowest BCUT2D eigenvalue weighted by molar-refractivity contribution is -0.145. The third-order valence-electron chi connectivity index (χ3n) is 6.94. The second-order valence-corrected chi connectivity index (χ2v) is 9.22. The van der Waals surface area contributed by atoms with Crippen LogP contribution in [-0.2, 0) is 14.3 Å². The van der Waals surface area contributed by atoms with E-state index in [1.54, 1.807) is 49.4 Å². The van der Waals surface area contributed by atoms with Crippen LogP contribution in [0.1, 0.15) is 35.6 Å². The van der Waals surface area contributed by atoms with E-state index in [4.69, 9.17) is 18.9 Å². The molecule has 3 aromatic rings. The zero-order valence-electron chi connectivity index (χ0n) is 22.7. The molecule has 0 aromatic heterocycles. The van der Waals surface area contributed by atoms with E-state index >= 15 is 0 Å². The van der Waals surface area contributed by atoms with Gasteiger partial charge < -0.3 is 18.9 Å². The molecule has 0 aliphatic carbocycles. The van der Waals surface area contributed by atoms with Gasteiger partial charge in [0.1, 0.15) is 17.7 Å². The van der Waals surface area contributed by atoms with Gasteiger partial charge in [-0.1, -0.05) is 30.3 Å². The van der Waals surface area contributed by atoms with Crippen molar-refractivity contribution in [1.82, 2.24) is 5.32 Å². The van der Waals surface area contributed by atoms with Gasteiger partial charge in [-0.15, -0.1) is 0 Å². The van der Waals surface area contributed by atoms with Gasteiger partial charge in [0.15, 0.2) is 17.3 Å². The topological polar surface area (TPSA) is 83.1 Å². The maximum Gasteiger partial charge on any atom is 0.323 e. The number of rotatable bonds is 10. The number of ketones is 1. The first-order valence-corrected chi connectivity index (χ1v) is 12.8. The molecule has 3 aromatic carbocycles. The minimum Gasteiger partial charge on any atom is -0.493 e. The van der Waals surface area contributed by atoms with E-state index in [9.17, 15) is 18.4 Å². The molecule has 210 valence electrons. The van der Waals surface area contributed by atoms with Crippen LogP contribution in [0.4, 0.5) is 8.78 Å². The Balaban J connectivity index is 1.86. The standard InChI is InChI=1S/C31H31F2NO6/c1-5-40-31(36)29-26(19-9-13-22(33)14-10-19)27(23(35)15-8-18-6-11-21(32)12-7-18)28(34-29)20-16-24(37-2)30(39-4)25(17-20)38-3/h6-17,26-29,34H,5H2,1-4H3/b15-8+/t26-,27-,28-,29-/m0/s1. The summed E-state index contributed by atoms with van der Waals surface area (Å²) in [6.45, 7) is 1.84. The molecular formula is C31H31F2NO6. The summed E-state index contributed by atoms with van der Waals surface area (Å²) in [7, 11) is 4.46. The predicted octanol–water partition coefficient (Wildman–Crippen LogP) is 5.25. The largest absolute Gasteiger partial charge is 0.493 e. The number of hydrogen-bond acceptors (Lipinski definition) is 7. The molecule has 0 amide bonds. The van der Waals surface area contributed by atoms with E-state index in [-0.39, 0.29) is 18.2 Å². The second kappa shape index (κ2) is 12.7. The first kappa shape index (κ1) is 28.8. The van der Waals surface area contributed by atoms with Crippen LogP contribution in [0.5, 0.6) is 17.2 Å². The summed E-state index contributed by atoms with van der Waals surface area (Å²) < 4.78 is 49.2. The van der Waals surface area contributed by atoms with Crippen LogP contribution in [0.25, 0.3) is 6.08 Å². The summed E-state index contributed by atoms with van der Waals surface area (Å²) in [4.78, 5) is 27.2. The molecule has 0 bridgehead atoms. The van der Waals surface area contributed by atoms with Gasteiger partial charge in [0.2, 0.25) is 5.75 Å². The Morgan fingerprint density at radius 2 is 1.43 bits per heavy atom. The van der Waals surface area contributed by atoms with E-state index < -0.39 is 35.7 Å². The molecule has 1 aliphatic rings.